The van der Waals surface area contributed by atoms with Gasteiger partial charge in [-0.1, -0.05) is 61.7 Å². The largest absolute Gasteiger partial charge is 0.491 e. The van der Waals surface area contributed by atoms with Crippen molar-refractivity contribution in [2.45, 2.75) is 44.6 Å². The van der Waals surface area contributed by atoms with Crippen molar-refractivity contribution in [2.75, 3.05) is 25.4 Å². The molecule has 2 aromatic carbocycles. The van der Waals surface area contributed by atoms with Crippen LogP contribution in [0.15, 0.2) is 54.6 Å². The van der Waals surface area contributed by atoms with Crippen molar-refractivity contribution in [2.24, 2.45) is 0 Å². The minimum absolute atomic E-state index is 0.178. The van der Waals surface area contributed by atoms with Gasteiger partial charge in [-0.05, 0) is 48.3 Å². The predicted molar refractivity (Wildman–Crippen MR) is 120 cm³/mol. The topological polar surface area (TPSA) is 44.8 Å². The number of hydrogen-bond donors (Lipinski definition) is 1. The van der Waals surface area contributed by atoms with Crippen molar-refractivity contribution in [1.29, 1.82) is 0 Å². The summed E-state index contributed by atoms with van der Waals surface area (Å²) in [5.74, 6) is 1.98. The zero-order valence-corrected chi connectivity index (χ0v) is 18.1. The van der Waals surface area contributed by atoms with Gasteiger partial charge >= 0.3 is 5.30 Å². The number of carbonyl (C=O) groups excluding carboxylic acids is 1. The van der Waals surface area contributed by atoms with E-state index in [9.17, 15) is 4.79 Å². The molecule has 0 heterocycles. The van der Waals surface area contributed by atoms with E-state index in [-0.39, 0.29) is 5.30 Å². The molecule has 0 saturated heterocycles. The van der Waals surface area contributed by atoms with Gasteiger partial charge in [-0.25, -0.2) is 4.79 Å². The SMILES string of the molecule is C[SH](COCCOc1ccc(C2CCCCC2)cc1)C(=O)OCc1ccccc1. The van der Waals surface area contributed by atoms with Gasteiger partial charge in [0.25, 0.3) is 0 Å². The molecule has 0 amide bonds. The van der Waals surface area contributed by atoms with Crippen LogP contribution in [0.3, 0.4) is 0 Å². The third-order valence-electron chi connectivity index (χ3n) is 5.25. The number of carbonyl (C=O) groups is 1. The maximum absolute atomic E-state index is 12.1. The molecule has 1 fully saturated rings. The molecular weight excluding hydrogens is 384 g/mol. The van der Waals surface area contributed by atoms with Crippen LogP contribution in [0.1, 0.15) is 49.1 Å². The molecule has 0 N–H and O–H groups in total. The van der Waals surface area contributed by atoms with E-state index in [4.69, 9.17) is 14.2 Å². The first kappa shape index (κ1) is 21.7. The molecule has 1 aliphatic rings. The van der Waals surface area contributed by atoms with Crippen molar-refractivity contribution in [1.82, 2.24) is 0 Å². The lowest BCUT2D eigenvalue weighted by molar-refractivity contribution is 0.133. The van der Waals surface area contributed by atoms with Crippen molar-refractivity contribution < 1.29 is 19.0 Å². The Balaban J connectivity index is 1.28. The van der Waals surface area contributed by atoms with Gasteiger partial charge in [0.05, 0.1) is 12.5 Å². The highest BCUT2D eigenvalue weighted by Gasteiger charge is 2.15. The van der Waals surface area contributed by atoms with Crippen LogP contribution in [0.25, 0.3) is 0 Å². The normalized spacial score (nSPS) is 16.2. The van der Waals surface area contributed by atoms with Crippen LogP contribution in [-0.4, -0.2) is 30.7 Å². The van der Waals surface area contributed by atoms with E-state index in [1.807, 2.05) is 36.6 Å². The van der Waals surface area contributed by atoms with E-state index in [1.54, 1.807) is 0 Å². The molecule has 2 aromatic rings. The summed E-state index contributed by atoms with van der Waals surface area (Å²) in [6.45, 7) is 1.25. The molecule has 29 heavy (non-hydrogen) atoms. The van der Waals surface area contributed by atoms with Crippen molar-refractivity contribution in [3.63, 3.8) is 0 Å². The highest BCUT2D eigenvalue weighted by Crippen LogP contribution is 2.33. The Morgan fingerprint density at radius 2 is 1.69 bits per heavy atom. The van der Waals surface area contributed by atoms with E-state index >= 15 is 0 Å². The maximum atomic E-state index is 12.1. The lowest BCUT2D eigenvalue weighted by Gasteiger charge is -2.22. The second-order valence-electron chi connectivity index (χ2n) is 7.53. The Hall–Kier alpha value is -1.98. The van der Waals surface area contributed by atoms with E-state index < -0.39 is 10.9 Å². The second kappa shape index (κ2) is 11.9. The molecule has 5 heteroatoms. The zero-order valence-electron chi connectivity index (χ0n) is 17.2. The van der Waals surface area contributed by atoms with Gasteiger partial charge in [0.2, 0.25) is 0 Å². The smallest absolute Gasteiger partial charge is 0.349 e. The summed E-state index contributed by atoms with van der Waals surface area (Å²) in [5, 5.41) is -0.178. The molecule has 0 aliphatic heterocycles. The summed E-state index contributed by atoms with van der Waals surface area (Å²) in [5.41, 5.74) is 2.42. The Morgan fingerprint density at radius 1 is 0.966 bits per heavy atom. The van der Waals surface area contributed by atoms with E-state index in [0.717, 1.165) is 11.3 Å². The number of ether oxygens (including phenoxy) is 3. The van der Waals surface area contributed by atoms with Crippen LogP contribution in [0.2, 0.25) is 0 Å². The number of rotatable bonds is 9. The van der Waals surface area contributed by atoms with Crippen molar-refractivity contribution >= 4 is 16.2 Å². The van der Waals surface area contributed by atoms with Gasteiger partial charge in [-0.15, -0.1) is 10.9 Å². The van der Waals surface area contributed by atoms with Crippen LogP contribution >= 0.6 is 10.9 Å². The molecule has 0 spiro atoms. The molecule has 1 unspecified atom stereocenters. The van der Waals surface area contributed by atoms with E-state index in [1.165, 1.54) is 37.7 Å². The molecule has 0 radical (unpaired) electrons. The third kappa shape index (κ3) is 7.41. The van der Waals surface area contributed by atoms with Crippen LogP contribution in [0.4, 0.5) is 4.79 Å². The fraction of sp³-hybridized carbons (Fsp3) is 0.458. The first-order valence-electron chi connectivity index (χ1n) is 10.4. The van der Waals surface area contributed by atoms with Gasteiger partial charge in [0, 0.05) is 0 Å². The fourth-order valence-corrected chi connectivity index (χ4v) is 4.37. The lowest BCUT2D eigenvalue weighted by atomic mass is 9.84. The molecule has 0 bridgehead atoms. The van der Waals surface area contributed by atoms with Gasteiger partial charge in [0.15, 0.2) is 0 Å². The van der Waals surface area contributed by atoms with Gasteiger partial charge in [-0.2, -0.15) is 0 Å². The van der Waals surface area contributed by atoms with Crippen LogP contribution in [0, 0.1) is 0 Å². The summed E-state index contributed by atoms with van der Waals surface area (Å²) in [6.07, 6.45) is 8.57. The second-order valence-corrected chi connectivity index (χ2v) is 9.55. The van der Waals surface area contributed by atoms with Crippen LogP contribution in [-0.2, 0) is 16.1 Å². The standard InChI is InChI=1S/C24H32O4S/c1-29(24(25)28-18-20-8-4-2-5-9-20)19-26-16-17-27-23-14-12-22(13-15-23)21-10-6-3-7-11-21/h2,4-5,8-9,12-15,21,29H,3,6-7,10-11,16-19H2,1H3. The first-order chi connectivity index (χ1) is 14.2. The maximum Gasteiger partial charge on any atom is 0.349 e. The van der Waals surface area contributed by atoms with E-state index in [0.29, 0.717) is 31.7 Å². The minimum atomic E-state index is -0.960. The zero-order chi connectivity index (χ0) is 20.3. The molecular formula is C24H32O4S. The summed E-state index contributed by atoms with van der Waals surface area (Å²) in [7, 11) is -0.960. The van der Waals surface area contributed by atoms with Gasteiger partial charge in [-0.3, -0.25) is 0 Å². The molecule has 1 saturated carbocycles. The van der Waals surface area contributed by atoms with Crippen LogP contribution in [0.5, 0.6) is 5.75 Å². The summed E-state index contributed by atoms with van der Waals surface area (Å²) >= 11 is 0. The summed E-state index contributed by atoms with van der Waals surface area (Å²) in [6, 6.07) is 18.2. The number of hydrogen-bond acceptors (Lipinski definition) is 4. The Labute approximate surface area is 176 Å². The first-order valence-corrected chi connectivity index (χ1v) is 12.4. The number of thiol groups is 1. The Kier molecular flexibility index (Phi) is 8.90. The molecule has 3 rings (SSSR count). The average molecular weight is 417 g/mol. The van der Waals surface area contributed by atoms with Crippen molar-refractivity contribution in [3.8, 4) is 5.75 Å². The predicted octanol–water partition coefficient (Wildman–Crippen LogP) is 6.06. The quantitative estimate of drug-likeness (QED) is 0.307. The number of benzene rings is 2. The lowest BCUT2D eigenvalue weighted by Crippen LogP contribution is -2.11. The third-order valence-corrected chi connectivity index (χ3v) is 6.58. The van der Waals surface area contributed by atoms with E-state index in [2.05, 4.69) is 24.3 Å². The monoisotopic (exact) mass is 416 g/mol. The molecule has 0 aromatic heterocycles. The molecule has 1 atom stereocenters. The fourth-order valence-electron chi connectivity index (χ4n) is 3.57. The molecule has 158 valence electrons. The Bertz CT molecular complexity index is 726. The highest BCUT2D eigenvalue weighted by atomic mass is 32.2. The minimum Gasteiger partial charge on any atom is -0.491 e. The van der Waals surface area contributed by atoms with Crippen molar-refractivity contribution in [3.05, 3.63) is 65.7 Å². The molecule has 4 nitrogen and oxygen atoms in total. The molecule has 1 aliphatic carbocycles. The van der Waals surface area contributed by atoms with Gasteiger partial charge < -0.3 is 14.2 Å². The average Bonchev–Trinajstić information content (AvgIpc) is 2.79. The van der Waals surface area contributed by atoms with Crippen LogP contribution < -0.4 is 4.74 Å². The summed E-state index contributed by atoms with van der Waals surface area (Å²) in [4.78, 5) is 12.1. The Morgan fingerprint density at radius 3 is 2.41 bits per heavy atom. The highest BCUT2D eigenvalue weighted by molar-refractivity contribution is 8.28. The summed E-state index contributed by atoms with van der Waals surface area (Å²) < 4.78 is 16.7. The van der Waals surface area contributed by atoms with Gasteiger partial charge in [0.1, 0.15) is 19.0 Å².